The maximum absolute atomic E-state index is 12.6. The van der Waals surface area contributed by atoms with Crippen LogP contribution < -0.4 is 15.0 Å². The topological polar surface area (TPSA) is 96.0 Å². The fourth-order valence-electron chi connectivity index (χ4n) is 3.36. The van der Waals surface area contributed by atoms with Crippen LogP contribution in [0.3, 0.4) is 0 Å². The number of aryl methyl sites for hydroxylation is 1. The summed E-state index contributed by atoms with van der Waals surface area (Å²) in [5.41, 5.74) is 2.34. The summed E-state index contributed by atoms with van der Waals surface area (Å²) < 4.78 is 5.36. The number of halogens is 1. The van der Waals surface area contributed by atoms with E-state index in [1.54, 1.807) is 24.3 Å². The van der Waals surface area contributed by atoms with E-state index in [1.165, 1.54) is 4.90 Å². The van der Waals surface area contributed by atoms with Gasteiger partial charge in [-0.3, -0.25) is 29.0 Å². The lowest BCUT2D eigenvalue weighted by Gasteiger charge is -2.29. The third-order valence-corrected chi connectivity index (χ3v) is 6.21. The molecule has 0 unspecified atom stereocenters. The summed E-state index contributed by atoms with van der Waals surface area (Å²) in [5, 5.41) is 2.68. The maximum atomic E-state index is 12.6. The van der Waals surface area contributed by atoms with Gasteiger partial charge in [0.1, 0.15) is 12.3 Å². The molecule has 1 fully saturated rings. The number of ether oxygens (including phenoxy) is 1. The summed E-state index contributed by atoms with van der Waals surface area (Å²) in [6.45, 7) is 1.66. The van der Waals surface area contributed by atoms with Crippen LogP contribution in [0, 0.1) is 6.92 Å². The van der Waals surface area contributed by atoms with Gasteiger partial charge in [-0.05, 0) is 48.5 Å². The molecule has 0 radical (unpaired) electrons. The van der Waals surface area contributed by atoms with Gasteiger partial charge in [0.05, 0.1) is 10.6 Å². The van der Waals surface area contributed by atoms with Crippen molar-refractivity contribution in [3.63, 3.8) is 0 Å². The van der Waals surface area contributed by atoms with Crippen LogP contribution in [0.1, 0.15) is 11.1 Å². The number of anilines is 1. The lowest BCUT2D eigenvalue weighted by atomic mass is 10.1. The van der Waals surface area contributed by atoms with E-state index >= 15 is 0 Å². The predicted molar refractivity (Wildman–Crippen MR) is 126 cm³/mol. The molecule has 170 valence electrons. The number of carbonyl (C=O) groups excluding carboxylic acids is 4. The molecule has 2 aliphatic rings. The number of thioether (sulfide) groups is 1. The Balaban J connectivity index is 1.33. The number of fused-ring (bicyclic) bond motifs is 1. The number of nitrogens with zero attached hydrogens (tertiary/aromatic N) is 2. The number of benzene rings is 2. The van der Waals surface area contributed by atoms with Crippen molar-refractivity contribution in [1.82, 2.24) is 10.2 Å². The number of amides is 4. The van der Waals surface area contributed by atoms with Crippen molar-refractivity contribution >= 4 is 58.1 Å². The predicted octanol–water partition coefficient (Wildman–Crippen LogP) is 3.23. The molecule has 0 saturated carbocycles. The third kappa shape index (κ3) is 5.20. The Morgan fingerprint density at radius 3 is 2.67 bits per heavy atom. The minimum atomic E-state index is -0.432. The molecule has 0 spiro atoms. The van der Waals surface area contributed by atoms with Crippen LogP contribution in [0.4, 0.5) is 10.5 Å². The first-order valence-electron chi connectivity index (χ1n) is 10.1. The normalized spacial score (nSPS) is 16.8. The first-order valence-corrected chi connectivity index (χ1v) is 11.3. The van der Waals surface area contributed by atoms with Crippen LogP contribution in [0.25, 0.3) is 6.08 Å². The maximum Gasteiger partial charge on any atom is 0.293 e. The van der Waals surface area contributed by atoms with E-state index in [9.17, 15) is 19.2 Å². The Kier molecular flexibility index (Phi) is 6.71. The number of carbonyl (C=O) groups is 4. The minimum absolute atomic E-state index is 0.0289. The van der Waals surface area contributed by atoms with Crippen LogP contribution in [0.2, 0.25) is 5.02 Å². The van der Waals surface area contributed by atoms with Gasteiger partial charge in [0.2, 0.25) is 5.91 Å². The Labute approximate surface area is 199 Å². The molecular weight excluding hydrogens is 466 g/mol. The molecule has 10 heteroatoms. The zero-order chi connectivity index (χ0) is 23.5. The molecule has 4 rings (SSSR count). The molecule has 0 aliphatic carbocycles. The van der Waals surface area contributed by atoms with Crippen molar-refractivity contribution in [2.24, 2.45) is 0 Å². The van der Waals surface area contributed by atoms with Crippen molar-refractivity contribution in [2.75, 3.05) is 31.1 Å². The second-order valence-electron chi connectivity index (χ2n) is 7.47. The standard InChI is InChI=1S/C23H20ClN3O5S/c1-14-2-4-15(5-3-14)10-19-22(30)26(23(31)33-19)9-8-25-20(28)12-27-17-11-16(24)6-7-18(17)32-13-21(27)29/h2-7,10-11H,8-9,12-13H2,1H3,(H,25,28)/b19-10-. The quantitative estimate of drug-likeness (QED) is 0.631. The van der Waals surface area contributed by atoms with E-state index in [2.05, 4.69) is 5.32 Å². The van der Waals surface area contributed by atoms with Crippen LogP contribution in [-0.4, -0.2) is 54.1 Å². The van der Waals surface area contributed by atoms with Gasteiger partial charge in [0.15, 0.2) is 6.61 Å². The van der Waals surface area contributed by atoms with Crippen molar-refractivity contribution in [3.05, 3.63) is 63.5 Å². The first kappa shape index (κ1) is 22.9. The van der Waals surface area contributed by atoms with E-state index in [-0.39, 0.29) is 37.4 Å². The van der Waals surface area contributed by atoms with E-state index in [0.717, 1.165) is 27.8 Å². The number of nitrogens with one attached hydrogen (secondary N) is 1. The van der Waals surface area contributed by atoms with Gasteiger partial charge in [-0.2, -0.15) is 0 Å². The summed E-state index contributed by atoms with van der Waals surface area (Å²) in [6, 6.07) is 12.4. The van der Waals surface area contributed by atoms with E-state index < -0.39 is 11.8 Å². The molecule has 1 saturated heterocycles. The lowest BCUT2D eigenvalue weighted by Crippen LogP contribution is -2.46. The molecule has 0 bridgehead atoms. The fraction of sp³-hybridized carbons (Fsp3) is 0.217. The molecule has 2 aromatic rings. The Morgan fingerprint density at radius 1 is 1.15 bits per heavy atom. The molecule has 8 nitrogen and oxygen atoms in total. The van der Waals surface area contributed by atoms with Crippen molar-refractivity contribution in [3.8, 4) is 5.75 Å². The average molecular weight is 486 g/mol. The van der Waals surface area contributed by atoms with Gasteiger partial charge in [0, 0.05) is 18.1 Å². The molecule has 33 heavy (non-hydrogen) atoms. The SMILES string of the molecule is Cc1ccc(/C=C2\SC(=O)N(CCNC(=O)CN3C(=O)COc4ccc(Cl)cc43)C2=O)cc1. The molecule has 2 aliphatic heterocycles. The number of imide groups is 1. The van der Waals surface area contributed by atoms with E-state index in [1.807, 2.05) is 31.2 Å². The Bertz CT molecular complexity index is 1170. The molecule has 1 N–H and O–H groups in total. The summed E-state index contributed by atoms with van der Waals surface area (Å²) in [5.74, 6) is -0.734. The molecular formula is C23H20ClN3O5S. The zero-order valence-electron chi connectivity index (χ0n) is 17.7. The zero-order valence-corrected chi connectivity index (χ0v) is 19.2. The van der Waals surface area contributed by atoms with Crippen LogP contribution >= 0.6 is 23.4 Å². The highest BCUT2D eigenvalue weighted by Gasteiger charge is 2.35. The third-order valence-electron chi connectivity index (χ3n) is 5.07. The molecule has 2 heterocycles. The van der Waals surface area contributed by atoms with Gasteiger partial charge < -0.3 is 10.1 Å². The lowest BCUT2D eigenvalue weighted by molar-refractivity contribution is -0.125. The molecule has 0 aromatic heterocycles. The summed E-state index contributed by atoms with van der Waals surface area (Å²) in [7, 11) is 0. The van der Waals surface area contributed by atoms with Crippen LogP contribution in [0.15, 0.2) is 47.4 Å². The highest BCUT2D eigenvalue weighted by atomic mass is 35.5. The molecule has 2 aromatic carbocycles. The second kappa shape index (κ2) is 9.68. The largest absolute Gasteiger partial charge is 0.482 e. The molecule has 4 amide bonds. The van der Waals surface area contributed by atoms with Gasteiger partial charge >= 0.3 is 0 Å². The van der Waals surface area contributed by atoms with Gasteiger partial charge in [0.25, 0.3) is 17.1 Å². The highest BCUT2D eigenvalue weighted by molar-refractivity contribution is 8.18. The van der Waals surface area contributed by atoms with Crippen molar-refractivity contribution in [2.45, 2.75) is 6.92 Å². The summed E-state index contributed by atoms with van der Waals surface area (Å²) in [4.78, 5) is 52.3. The number of rotatable bonds is 6. The monoisotopic (exact) mass is 485 g/mol. The number of hydrogen-bond donors (Lipinski definition) is 1. The smallest absolute Gasteiger partial charge is 0.293 e. The van der Waals surface area contributed by atoms with E-state index in [0.29, 0.717) is 21.4 Å². The first-order chi connectivity index (χ1) is 15.8. The Hall–Kier alpha value is -3.30. The second-order valence-corrected chi connectivity index (χ2v) is 8.90. The van der Waals surface area contributed by atoms with Gasteiger partial charge in [-0.1, -0.05) is 41.4 Å². The van der Waals surface area contributed by atoms with Gasteiger partial charge in [-0.25, -0.2) is 0 Å². The number of hydrogen-bond acceptors (Lipinski definition) is 6. The summed E-state index contributed by atoms with van der Waals surface area (Å²) >= 11 is 6.88. The average Bonchev–Trinajstić information content (AvgIpc) is 3.04. The fourth-order valence-corrected chi connectivity index (χ4v) is 4.39. The minimum Gasteiger partial charge on any atom is -0.482 e. The van der Waals surface area contributed by atoms with E-state index in [4.69, 9.17) is 16.3 Å². The molecule has 0 atom stereocenters. The Morgan fingerprint density at radius 2 is 1.91 bits per heavy atom. The highest BCUT2D eigenvalue weighted by Crippen LogP contribution is 2.34. The van der Waals surface area contributed by atoms with Crippen LogP contribution in [-0.2, 0) is 14.4 Å². The summed E-state index contributed by atoms with van der Waals surface area (Å²) in [6.07, 6.45) is 1.68. The van der Waals surface area contributed by atoms with Crippen molar-refractivity contribution in [1.29, 1.82) is 0 Å². The van der Waals surface area contributed by atoms with Gasteiger partial charge in [-0.15, -0.1) is 0 Å². The van der Waals surface area contributed by atoms with Crippen molar-refractivity contribution < 1.29 is 23.9 Å². The van der Waals surface area contributed by atoms with Crippen LogP contribution in [0.5, 0.6) is 5.75 Å².